The molecule has 1 saturated carbocycles. The Morgan fingerprint density at radius 1 is 1.53 bits per heavy atom. The molecule has 0 unspecified atom stereocenters. The van der Waals surface area contributed by atoms with E-state index in [0.717, 1.165) is 23.4 Å². The van der Waals surface area contributed by atoms with Gasteiger partial charge in [0.15, 0.2) is 0 Å². The van der Waals surface area contributed by atoms with E-state index in [1.165, 1.54) is 0 Å². The maximum Gasteiger partial charge on any atom is 0.221 e. The summed E-state index contributed by atoms with van der Waals surface area (Å²) in [5.41, 5.74) is 1.45. The monoisotopic (exact) mass is 275 g/mol. The summed E-state index contributed by atoms with van der Waals surface area (Å²) in [7, 11) is 0. The standard InChI is InChI=1S/C14H17N3OS/c1-19-13-4-2-3-12(11(13)9-15)16-8-7-14(18)17-10-5-6-10/h2-4,10,16H,5-8H2,1H3,(H,17,18). The second-order valence-corrected chi connectivity index (χ2v) is 5.36. The molecule has 4 nitrogen and oxygen atoms in total. The quantitative estimate of drug-likeness (QED) is 0.782. The van der Waals surface area contributed by atoms with Gasteiger partial charge in [0.2, 0.25) is 5.91 Å². The van der Waals surface area contributed by atoms with E-state index in [2.05, 4.69) is 16.7 Å². The topological polar surface area (TPSA) is 64.9 Å². The van der Waals surface area contributed by atoms with E-state index in [4.69, 9.17) is 0 Å². The minimum atomic E-state index is 0.0783. The van der Waals surface area contributed by atoms with Gasteiger partial charge in [-0.15, -0.1) is 11.8 Å². The summed E-state index contributed by atoms with van der Waals surface area (Å²) in [6.45, 7) is 0.547. The molecule has 1 aromatic rings. The van der Waals surface area contributed by atoms with Crippen molar-refractivity contribution in [2.24, 2.45) is 0 Å². The Morgan fingerprint density at radius 3 is 2.95 bits per heavy atom. The predicted molar refractivity (Wildman–Crippen MR) is 77.2 cm³/mol. The first kappa shape index (κ1) is 13.8. The van der Waals surface area contributed by atoms with Crippen molar-refractivity contribution in [2.75, 3.05) is 18.1 Å². The third-order valence-electron chi connectivity index (χ3n) is 2.97. The first-order valence-corrected chi connectivity index (χ1v) is 7.57. The Bertz CT molecular complexity index is 506. The highest BCUT2D eigenvalue weighted by molar-refractivity contribution is 7.98. The fraction of sp³-hybridized carbons (Fsp3) is 0.429. The minimum Gasteiger partial charge on any atom is -0.383 e. The second kappa shape index (κ2) is 6.48. The van der Waals surface area contributed by atoms with Crippen LogP contribution in [0.1, 0.15) is 24.8 Å². The lowest BCUT2D eigenvalue weighted by atomic mass is 10.2. The van der Waals surface area contributed by atoms with Gasteiger partial charge in [-0.25, -0.2) is 0 Å². The van der Waals surface area contributed by atoms with Gasteiger partial charge in [-0.1, -0.05) is 6.07 Å². The molecule has 19 heavy (non-hydrogen) atoms. The van der Waals surface area contributed by atoms with Gasteiger partial charge in [-0.2, -0.15) is 5.26 Å². The van der Waals surface area contributed by atoms with Gasteiger partial charge >= 0.3 is 0 Å². The highest BCUT2D eigenvalue weighted by Gasteiger charge is 2.22. The van der Waals surface area contributed by atoms with Crippen molar-refractivity contribution in [3.05, 3.63) is 23.8 Å². The van der Waals surface area contributed by atoms with Crippen LogP contribution in [0, 0.1) is 11.3 Å². The number of anilines is 1. The van der Waals surface area contributed by atoms with E-state index < -0.39 is 0 Å². The number of carbonyl (C=O) groups excluding carboxylic acids is 1. The van der Waals surface area contributed by atoms with Gasteiger partial charge in [0.25, 0.3) is 0 Å². The number of thioether (sulfide) groups is 1. The lowest BCUT2D eigenvalue weighted by Gasteiger charge is -2.10. The van der Waals surface area contributed by atoms with Crippen molar-refractivity contribution in [2.45, 2.75) is 30.2 Å². The van der Waals surface area contributed by atoms with Crippen LogP contribution in [-0.4, -0.2) is 24.7 Å². The fourth-order valence-corrected chi connectivity index (χ4v) is 2.38. The lowest BCUT2D eigenvalue weighted by Crippen LogP contribution is -2.27. The molecule has 0 spiro atoms. The fourth-order valence-electron chi connectivity index (χ4n) is 1.80. The predicted octanol–water partition coefficient (Wildman–Crippen LogP) is 2.36. The molecule has 2 rings (SSSR count). The van der Waals surface area contributed by atoms with Crippen LogP contribution >= 0.6 is 11.8 Å². The molecule has 0 bridgehead atoms. The molecule has 5 heteroatoms. The molecule has 1 aliphatic carbocycles. The molecule has 0 heterocycles. The van der Waals surface area contributed by atoms with E-state index in [9.17, 15) is 10.1 Å². The van der Waals surface area contributed by atoms with Crippen LogP contribution in [0.25, 0.3) is 0 Å². The summed E-state index contributed by atoms with van der Waals surface area (Å²) in [5, 5.41) is 15.3. The van der Waals surface area contributed by atoms with Crippen molar-refractivity contribution in [3.63, 3.8) is 0 Å². The number of nitrogens with zero attached hydrogens (tertiary/aromatic N) is 1. The Labute approximate surface area is 117 Å². The first-order chi connectivity index (χ1) is 9.24. The number of rotatable bonds is 6. The van der Waals surface area contributed by atoms with Crippen molar-refractivity contribution in [1.82, 2.24) is 5.32 Å². The highest BCUT2D eigenvalue weighted by Crippen LogP contribution is 2.26. The first-order valence-electron chi connectivity index (χ1n) is 6.35. The molecule has 1 aromatic carbocycles. The Balaban J connectivity index is 1.88. The van der Waals surface area contributed by atoms with Gasteiger partial charge < -0.3 is 10.6 Å². The summed E-state index contributed by atoms with van der Waals surface area (Å²) in [5.74, 6) is 0.0783. The van der Waals surface area contributed by atoms with E-state index in [0.29, 0.717) is 24.6 Å². The third-order valence-corrected chi connectivity index (χ3v) is 3.75. The van der Waals surface area contributed by atoms with Crippen LogP contribution in [0.3, 0.4) is 0 Å². The molecule has 0 atom stereocenters. The summed E-state index contributed by atoms with van der Waals surface area (Å²) in [6, 6.07) is 8.33. The summed E-state index contributed by atoms with van der Waals surface area (Å²) in [4.78, 5) is 12.5. The van der Waals surface area contributed by atoms with Crippen LogP contribution < -0.4 is 10.6 Å². The molecule has 100 valence electrons. The Morgan fingerprint density at radius 2 is 2.32 bits per heavy atom. The maximum atomic E-state index is 11.5. The van der Waals surface area contributed by atoms with Crippen LogP contribution in [-0.2, 0) is 4.79 Å². The van der Waals surface area contributed by atoms with Crippen LogP contribution in [0.2, 0.25) is 0 Å². The van der Waals surface area contributed by atoms with Crippen molar-refractivity contribution in [1.29, 1.82) is 5.26 Å². The molecule has 2 N–H and O–H groups in total. The maximum absolute atomic E-state index is 11.5. The number of hydrogen-bond donors (Lipinski definition) is 2. The largest absolute Gasteiger partial charge is 0.383 e. The molecule has 0 aromatic heterocycles. The Hall–Kier alpha value is -1.67. The zero-order valence-electron chi connectivity index (χ0n) is 10.9. The minimum absolute atomic E-state index is 0.0783. The number of hydrogen-bond acceptors (Lipinski definition) is 4. The third kappa shape index (κ3) is 3.90. The zero-order valence-corrected chi connectivity index (χ0v) is 11.7. The van der Waals surface area contributed by atoms with Crippen LogP contribution in [0.15, 0.2) is 23.1 Å². The van der Waals surface area contributed by atoms with Gasteiger partial charge in [0, 0.05) is 23.9 Å². The van der Waals surface area contributed by atoms with Crippen LogP contribution in [0.4, 0.5) is 5.69 Å². The van der Waals surface area contributed by atoms with E-state index in [1.807, 2.05) is 24.5 Å². The SMILES string of the molecule is CSc1cccc(NCCC(=O)NC2CC2)c1C#N. The van der Waals surface area contributed by atoms with Crippen molar-refractivity contribution in [3.8, 4) is 6.07 Å². The summed E-state index contributed by atoms with van der Waals surface area (Å²) < 4.78 is 0. The molecule has 1 amide bonds. The number of nitriles is 1. The number of benzene rings is 1. The summed E-state index contributed by atoms with van der Waals surface area (Å²) in [6.07, 6.45) is 4.59. The number of carbonyl (C=O) groups is 1. The van der Waals surface area contributed by atoms with E-state index in [1.54, 1.807) is 11.8 Å². The molecule has 0 radical (unpaired) electrons. The molecule has 1 aliphatic rings. The lowest BCUT2D eigenvalue weighted by molar-refractivity contribution is -0.120. The van der Waals surface area contributed by atoms with Gasteiger partial charge in [0.05, 0.1) is 11.3 Å². The highest BCUT2D eigenvalue weighted by atomic mass is 32.2. The molecule has 0 saturated heterocycles. The normalized spacial score (nSPS) is 13.7. The van der Waals surface area contributed by atoms with Crippen molar-refractivity contribution < 1.29 is 4.79 Å². The van der Waals surface area contributed by atoms with Crippen LogP contribution in [0.5, 0.6) is 0 Å². The molecular weight excluding hydrogens is 258 g/mol. The van der Waals surface area contributed by atoms with Gasteiger partial charge in [-0.05, 0) is 31.2 Å². The summed E-state index contributed by atoms with van der Waals surface area (Å²) >= 11 is 1.55. The van der Waals surface area contributed by atoms with Crippen molar-refractivity contribution >= 4 is 23.4 Å². The number of nitrogens with one attached hydrogen (secondary N) is 2. The second-order valence-electron chi connectivity index (χ2n) is 4.51. The number of amides is 1. The average Bonchev–Trinajstić information content (AvgIpc) is 3.22. The van der Waals surface area contributed by atoms with E-state index >= 15 is 0 Å². The molecule has 0 aliphatic heterocycles. The van der Waals surface area contributed by atoms with Gasteiger partial charge in [0.1, 0.15) is 6.07 Å². The average molecular weight is 275 g/mol. The smallest absolute Gasteiger partial charge is 0.221 e. The Kier molecular flexibility index (Phi) is 4.69. The van der Waals surface area contributed by atoms with Gasteiger partial charge in [-0.3, -0.25) is 4.79 Å². The molecule has 1 fully saturated rings. The zero-order chi connectivity index (χ0) is 13.7. The molecular formula is C14H17N3OS. The van der Waals surface area contributed by atoms with E-state index in [-0.39, 0.29) is 5.91 Å².